The molecule has 1 aromatic carbocycles. The highest BCUT2D eigenvalue weighted by Gasteiger charge is 2.00. The summed E-state index contributed by atoms with van der Waals surface area (Å²) in [4.78, 5) is 8.66. The van der Waals surface area contributed by atoms with Crippen molar-refractivity contribution in [3.63, 3.8) is 0 Å². The Balaban J connectivity index is 1.84. The monoisotopic (exact) mass is 304 g/mol. The second kappa shape index (κ2) is 7.84. The van der Waals surface area contributed by atoms with Crippen molar-refractivity contribution in [2.24, 2.45) is 5.92 Å². The number of halogens is 1. The minimum absolute atomic E-state index is 0.583. The Labute approximate surface area is 131 Å². The second-order valence-corrected chi connectivity index (χ2v) is 5.78. The molecule has 0 saturated heterocycles. The molecule has 2 aromatic rings. The van der Waals surface area contributed by atoms with Gasteiger partial charge in [0.1, 0.15) is 5.82 Å². The van der Waals surface area contributed by atoms with Gasteiger partial charge in [-0.05, 0) is 36.1 Å². The molecule has 0 atom stereocenters. The zero-order valence-corrected chi connectivity index (χ0v) is 13.2. The van der Waals surface area contributed by atoms with E-state index >= 15 is 0 Å². The van der Waals surface area contributed by atoms with Gasteiger partial charge in [-0.15, -0.1) is 0 Å². The molecule has 112 valence electrons. The largest absolute Gasteiger partial charge is 0.370 e. The average Bonchev–Trinajstić information content (AvgIpc) is 2.46. The maximum absolute atomic E-state index is 5.97. The number of benzene rings is 1. The van der Waals surface area contributed by atoms with Gasteiger partial charge < -0.3 is 10.6 Å². The van der Waals surface area contributed by atoms with Crippen LogP contribution in [0.15, 0.2) is 36.5 Å². The van der Waals surface area contributed by atoms with Crippen LogP contribution in [0.5, 0.6) is 0 Å². The lowest BCUT2D eigenvalue weighted by Gasteiger charge is -2.10. The summed E-state index contributed by atoms with van der Waals surface area (Å²) in [5, 5.41) is 7.29. The molecule has 0 amide bonds. The van der Waals surface area contributed by atoms with E-state index in [1.807, 2.05) is 24.3 Å². The molecule has 0 radical (unpaired) electrons. The Kier molecular flexibility index (Phi) is 5.81. The van der Waals surface area contributed by atoms with E-state index in [0.29, 0.717) is 11.9 Å². The van der Waals surface area contributed by atoms with Gasteiger partial charge in [-0.3, -0.25) is 0 Å². The molecule has 0 unspecified atom stereocenters. The molecule has 5 heteroatoms. The summed E-state index contributed by atoms with van der Waals surface area (Å²) in [7, 11) is 0. The highest BCUT2D eigenvalue weighted by Crippen LogP contribution is 2.11. The predicted molar refractivity (Wildman–Crippen MR) is 89.0 cm³/mol. The van der Waals surface area contributed by atoms with E-state index in [9.17, 15) is 0 Å². The van der Waals surface area contributed by atoms with Crippen LogP contribution in [-0.4, -0.2) is 23.1 Å². The van der Waals surface area contributed by atoms with Crippen molar-refractivity contribution in [2.45, 2.75) is 20.3 Å². The van der Waals surface area contributed by atoms with Gasteiger partial charge >= 0.3 is 0 Å². The molecule has 0 spiro atoms. The zero-order chi connectivity index (χ0) is 15.1. The standard InChI is InChI=1S/C16H21ClN4/c1-12(2)11-20-15-7-9-19-16(21-15)18-8-6-13-4-3-5-14(17)10-13/h3-5,7,9-10,12H,6,8,11H2,1-2H3,(H2,18,19,20,21). The summed E-state index contributed by atoms with van der Waals surface area (Å²) in [5.74, 6) is 2.08. The first-order chi connectivity index (χ1) is 10.1. The molecule has 2 rings (SSSR count). The molecule has 4 nitrogen and oxygen atoms in total. The molecule has 0 aliphatic heterocycles. The molecule has 0 fully saturated rings. The van der Waals surface area contributed by atoms with Crippen LogP contribution in [-0.2, 0) is 6.42 Å². The first-order valence-corrected chi connectivity index (χ1v) is 7.56. The summed E-state index contributed by atoms with van der Waals surface area (Å²) in [6, 6.07) is 9.76. The lowest BCUT2D eigenvalue weighted by atomic mass is 10.1. The summed E-state index contributed by atoms with van der Waals surface area (Å²) in [5.41, 5.74) is 1.20. The van der Waals surface area contributed by atoms with Crippen molar-refractivity contribution in [2.75, 3.05) is 23.7 Å². The van der Waals surface area contributed by atoms with Gasteiger partial charge in [0.15, 0.2) is 0 Å². The number of hydrogen-bond acceptors (Lipinski definition) is 4. The SMILES string of the molecule is CC(C)CNc1ccnc(NCCc2cccc(Cl)c2)n1. The molecule has 0 saturated carbocycles. The van der Waals surface area contributed by atoms with Crippen molar-refractivity contribution in [3.05, 3.63) is 47.1 Å². The van der Waals surface area contributed by atoms with E-state index in [2.05, 4.69) is 40.5 Å². The van der Waals surface area contributed by atoms with E-state index in [1.165, 1.54) is 5.56 Å². The van der Waals surface area contributed by atoms with Gasteiger partial charge in [0.2, 0.25) is 5.95 Å². The normalized spacial score (nSPS) is 10.7. The highest BCUT2D eigenvalue weighted by atomic mass is 35.5. The van der Waals surface area contributed by atoms with E-state index in [1.54, 1.807) is 6.20 Å². The molecule has 1 heterocycles. The summed E-state index contributed by atoms with van der Waals surface area (Å²) in [6.45, 7) is 6.00. The van der Waals surface area contributed by atoms with E-state index in [0.717, 1.165) is 30.4 Å². The summed E-state index contributed by atoms with van der Waals surface area (Å²) < 4.78 is 0. The van der Waals surface area contributed by atoms with Crippen molar-refractivity contribution >= 4 is 23.4 Å². The lowest BCUT2D eigenvalue weighted by Crippen LogP contribution is -2.12. The molecular weight excluding hydrogens is 284 g/mol. The highest BCUT2D eigenvalue weighted by molar-refractivity contribution is 6.30. The number of nitrogens with one attached hydrogen (secondary N) is 2. The molecule has 0 bridgehead atoms. The van der Waals surface area contributed by atoms with E-state index in [4.69, 9.17) is 11.6 Å². The molecular formula is C16H21ClN4. The van der Waals surface area contributed by atoms with Crippen LogP contribution in [0.25, 0.3) is 0 Å². The number of nitrogens with zero attached hydrogens (tertiary/aromatic N) is 2. The average molecular weight is 305 g/mol. The van der Waals surface area contributed by atoms with Gasteiger partial charge in [0, 0.05) is 24.3 Å². The summed E-state index contributed by atoms with van der Waals surface area (Å²) >= 11 is 5.97. The van der Waals surface area contributed by atoms with Crippen LogP contribution < -0.4 is 10.6 Å². The van der Waals surface area contributed by atoms with Gasteiger partial charge in [-0.2, -0.15) is 4.98 Å². The van der Waals surface area contributed by atoms with Gasteiger partial charge in [0.25, 0.3) is 0 Å². The number of aromatic nitrogens is 2. The Hall–Kier alpha value is -1.81. The van der Waals surface area contributed by atoms with Crippen LogP contribution in [0.2, 0.25) is 5.02 Å². The Morgan fingerprint density at radius 3 is 2.81 bits per heavy atom. The van der Waals surface area contributed by atoms with Crippen LogP contribution in [0.1, 0.15) is 19.4 Å². The third-order valence-electron chi connectivity index (χ3n) is 2.93. The molecule has 2 N–H and O–H groups in total. The second-order valence-electron chi connectivity index (χ2n) is 5.35. The molecule has 1 aromatic heterocycles. The smallest absolute Gasteiger partial charge is 0.224 e. The van der Waals surface area contributed by atoms with E-state index < -0.39 is 0 Å². The van der Waals surface area contributed by atoms with Crippen molar-refractivity contribution in [3.8, 4) is 0 Å². The number of rotatable bonds is 7. The third-order valence-corrected chi connectivity index (χ3v) is 3.17. The maximum Gasteiger partial charge on any atom is 0.224 e. The number of hydrogen-bond donors (Lipinski definition) is 2. The first kappa shape index (κ1) is 15.6. The van der Waals surface area contributed by atoms with Crippen LogP contribution >= 0.6 is 11.6 Å². The Morgan fingerprint density at radius 2 is 2.05 bits per heavy atom. The minimum Gasteiger partial charge on any atom is -0.370 e. The Morgan fingerprint density at radius 1 is 1.19 bits per heavy atom. The van der Waals surface area contributed by atoms with Crippen LogP contribution in [0.4, 0.5) is 11.8 Å². The Bertz CT molecular complexity index is 572. The van der Waals surface area contributed by atoms with Crippen LogP contribution in [0, 0.1) is 5.92 Å². The van der Waals surface area contributed by atoms with Gasteiger partial charge in [0.05, 0.1) is 0 Å². The fourth-order valence-corrected chi connectivity index (χ4v) is 2.08. The fraction of sp³-hybridized carbons (Fsp3) is 0.375. The van der Waals surface area contributed by atoms with Crippen molar-refractivity contribution in [1.82, 2.24) is 9.97 Å². The summed E-state index contributed by atoms with van der Waals surface area (Å²) in [6.07, 6.45) is 2.64. The predicted octanol–water partition coefficient (Wildman–Crippen LogP) is 3.85. The molecule has 0 aliphatic rings. The molecule has 21 heavy (non-hydrogen) atoms. The van der Waals surface area contributed by atoms with Crippen LogP contribution in [0.3, 0.4) is 0 Å². The van der Waals surface area contributed by atoms with E-state index in [-0.39, 0.29) is 0 Å². The minimum atomic E-state index is 0.583. The maximum atomic E-state index is 5.97. The van der Waals surface area contributed by atoms with Gasteiger partial charge in [-0.1, -0.05) is 37.6 Å². The number of anilines is 2. The zero-order valence-electron chi connectivity index (χ0n) is 12.4. The lowest BCUT2D eigenvalue weighted by molar-refractivity contribution is 0.687. The van der Waals surface area contributed by atoms with Gasteiger partial charge in [-0.25, -0.2) is 4.98 Å². The van der Waals surface area contributed by atoms with Crippen molar-refractivity contribution in [1.29, 1.82) is 0 Å². The van der Waals surface area contributed by atoms with Crippen molar-refractivity contribution < 1.29 is 0 Å². The topological polar surface area (TPSA) is 49.8 Å². The third kappa shape index (κ3) is 5.60. The quantitative estimate of drug-likeness (QED) is 0.815. The first-order valence-electron chi connectivity index (χ1n) is 7.18. The fourth-order valence-electron chi connectivity index (χ4n) is 1.86. The molecule has 0 aliphatic carbocycles.